The van der Waals surface area contributed by atoms with Crippen LogP contribution in [0.4, 0.5) is 0 Å². The predicted octanol–water partition coefficient (Wildman–Crippen LogP) is 8.16. The van der Waals surface area contributed by atoms with Crippen LogP contribution in [0, 0.1) is 25.8 Å². The first-order valence-corrected chi connectivity index (χ1v) is 15.5. The van der Waals surface area contributed by atoms with E-state index in [9.17, 15) is 0 Å². The van der Waals surface area contributed by atoms with Crippen molar-refractivity contribution >= 4 is 35.2 Å². The van der Waals surface area contributed by atoms with Gasteiger partial charge in [0.2, 0.25) is 0 Å². The van der Waals surface area contributed by atoms with Crippen molar-refractivity contribution in [2.24, 2.45) is 0 Å². The summed E-state index contributed by atoms with van der Waals surface area (Å²) in [5.41, 5.74) is 5.16. The van der Waals surface area contributed by atoms with Crippen molar-refractivity contribution in [1.29, 1.82) is 0 Å². The van der Waals surface area contributed by atoms with Gasteiger partial charge in [-0.3, -0.25) is 0 Å². The number of hydrogen-bond acceptors (Lipinski definition) is 3. The number of fused-ring (bicyclic) bond motifs is 3. The Hall–Kier alpha value is -3.37. The fraction of sp³-hybridized carbons (Fsp3) is 0.152. The van der Waals surface area contributed by atoms with Gasteiger partial charge in [0.15, 0.2) is 0 Å². The molecule has 0 atom stereocenters. The molecule has 0 aliphatic rings. The van der Waals surface area contributed by atoms with E-state index < -0.39 is 21.8 Å². The van der Waals surface area contributed by atoms with Crippen LogP contribution in [0.15, 0.2) is 95.7 Å². The number of nitrogens with zero attached hydrogens (tertiary/aromatic N) is 2. The summed E-state index contributed by atoms with van der Waals surface area (Å²) in [5, 5.41) is 3.41. The molecule has 6 aromatic rings. The number of para-hydroxylation sites is 1. The maximum Gasteiger partial charge on any atom is 0.120 e. The third kappa shape index (κ3) is 5.86. The summed E-state index contributed by atoms with van der Waals surface area (Å²) in [5.74, 6) is 0. The van der Waals surface area contributed by atoms with Crippen LogP contribution in [0.3, 0.4) is 0 Å². The second kappa shape index (κ2) is 11.6. The molecule has 0 bridgehead atoms. The zero-order valence-corrected chi connectivity index (χ0v) is 24.7. The van der Waals surface area contributed by atoms with E-state index >= 15 is 0 Å². The quantitative estimate of drug-likeness (QED) is 0.139. The minimum atomic E-state index is -2.16. The molecule has 3 nitrogen and oxygen atoms in total. The maximum absolute atomic E-state index is 7.51. The summed E-state index contributed by atoms with van der Waals surface area (Å²) >= 11 is 0. The molecule has 0 N–H and O–H groups in total. The maximum atomic E-state index is 7.51. The van der Waals surface area contributed by atoms with Crippen molar-refractivity contribution in [3.63, 3.8) is 0 Å². The van der Waals surface area contributed by atoms with E-state index in [4.69, 9.17) is 12.6 Å². The summed E-state index contributed by atoms with van der Waals surface area (Å²) in [6, 6.07) is 30.5. The van der Waals surface area contributed by atoms with Gasteiger partial charge in [0.05, 0.1) is 13.7 Å². The standard InChI is InChI=1S/C21H20NOSi.C12H10N.Ir/c1-14-11-12-18(22-13-14)17-9-5-7-15-16-8-6-10-19(24(2,3)4)21(16)23-20(15)17;1-10-7-8-12(13-9-10)11-5-3-2-4-6-11;/h5-8,10-13H,1-4H3;2-5,7-9H,1H3;/q2*-1;/i2*1D3;. The van der Waals surface area contributed by atoms with Gasteiger partial charge >= 0.3 is 0 Å². The Morgan fingerprint density at radius 1 is 0.711 bits per heavy atom. The first-order chi connectivity index (χ1) is 20.2. The molecule has 0 saturated carbocycles. The molecule has 5 heteroatoms. The number of aryl methyl sites for hydroxylation is 2. The van der Waals surface area contributed by atoms with E-state index in [1.54, 1.807) is 30.3 Å². The van der Waals surface area contributed by atoms with Crippen LogP contribution < -0.4 is 5.19 Å². The topological polar surface area (TPSA) is 38.9 Å². The molecular weight excluding hydrogens is 661 g/mol. The van der Waals surface area contributed by atoms with Crippen molar-refractivity contribution in [3.05, 3.63) is 115 Å². The van der Waals surface area contributed by atoms with Crippen LogP contribution in [0.1, 0.15) is 19.4 Å². The van der Waals surface area contributed by atoms with Crippen LogP contribution in [0.5, 0.6) is 0 Å². The fourth-order valence-corrected chi connectivity index (χ4v) is 5.66. The summed E-state index contributed by atoms with van der Waals surface area (Å²) in [7, 11) is -1.57. The first kappa shape index (κ1) is 20.6. The molecule has 0 fully saturated rings. The van der Waals surface area contributed by atoms with Gasteiger partial charge in [-0.2, -0.15) is 0 Å². The van der Waals surface area contributed by atoms with Crippen molar-refractivity contribution in [3.8, 4) is 22.5 Å². The zero-order valence-electron chi connectivity index (χ0n) is 27.3. The molecule has 1 radical (unpaired) electrons. The molecule has 0 amide bonds. The Bertz CT molecular complexity index is 1860. The van der Waals surface area contributed by atoms with Crippen molar-refractivity contribution in [1.82, 2.24) is 9.97 Å². The monoisotopic (exact) mass is 697 g/mol. The van der Waals surface area contributed by atoms with Gasteiger partial charge in [-0.15, -0.1) is 54.1 Å². The first-order valence-electron chi connectivity index (χ1n) is 15.0. The average Bonchev–Trinajstić information content (AvgIpc) is 3.36. The SMILES string of the molecule is [2H]C([2H])([2H])c1ccc(-c2[c-]ccc3c2oc2c([Si](C)(C)C)cccc23)nc1.[2H]C([2H])([2H])c1ccc(-c2[c-]cccc2)nc1.[Ir]. The van der Waals surface area contributed by atoms with Crippen LogP contribution in [0.25, 0.3) is 44.5 Å². The number of aromatic nitrogens is 2. The van der Waals surface area contributed by atoms with E-state index in [-0.39, 0.29) is 31.2 Å². The van der Waals surface area contributed by atoms with E-state index in [1.165, 1.54) is 17.6 Å². The molecule has 38 heavy (non-hydrogen) atoms. The minimum Gasteiger partial charge on any atom is -0.501 e. The third-order valence-corrected chi connectivity index (χ3v) is 8.04. The fourth-order valence-electron chi connectivity index (χ4n) is 4.19. The number of benzene rings is 3. The van der Waals surface area contributed by atoms with Gasteiger partial charge in [-0.1, -0.05) is 73.1 Å². The molecule has 0 aliphatic heterocycles. The van der Waals surface area contributed by atoms with Gasteiger partial charge in [0.1, 0.15) is 5.58 Å². The second-order valence-corrected chi connectivity index (χ2v) is 14.8. The summed E-state index contributed by atoms with van der Waals surface area (Å²) in [6.07, 6.45) is 2.80. The molecule has 3 aromatic heterocycles. The Balaban J connectivity index is 0.000000223. The Morgan fingerprint density at radius 3 is 2.03 bits per heavy atom. The Labute approximate surface area is 247 Å². The molecule has 3 aromatic carbocycles. The van der Waals surface area contributed by atoms with Crippen LogP contribution in [-0.2, 0) is 20.1 Å². The Kier molecular flexibility index (Phi) is 6.26. The van der Waals surface area contributed by atoms with Gasteiger partial charge in [0, 0.05) is 46.1 Å². The van der Waals surface area contributed by atoms with Gasteiger partial charge in [-0.25, -0.2) is 0 Å². The van der Waals surface area contributed by atoms with Crippen molar-refractivity contribution in [2.75, 3.05) is 0 Å². The van der Waals surface area contributed by atoms with Crippen molar-refractivity contribution in [2.45, 2.75) is 33.3 Å². The predicted molar refractivity (Wildman–Crippen MR) is 157 cm³/mol. The van der Waals surface area contributed by atoms with Crippen molar-refractivity contribution < 1.29 is 32.7 Å². The van der Waals surface area contributed by atoms with Crippen LogP contribution in [0.2, 0.25) is 19.6 Å². The normalized spacial score (nSPS) is 14.1. The van der Waals surface area contributed by atoms with E-state index in [0.29, 0.717) is 5.69 Å². The average molecular weight is 697 g/mol. The number of pyridine rings is 2. The molecule has 0 spiro atoms. The molecule has 0 aliphatic carbocycles. The molecule has 6 rings (SSSR count). The van der Waals surface area contributed by atoms with E-state index in [1.807, 2.05) is 30.3 Å². The van der Waals surface area contributed by atoms with Crippen LogP contribution in [-0.4, -0.2) is 18.0 Å². The molecular formula is C33H30IrN2OSi-2. The zero-order chi connectivity index (χ0) is 31.0. The molecule has 3 heterocycles. The van der Waals surface area contributed by atoms with Gasteiger partial charge in [0.25, 0.3) is 0 Å². The van der Waals surface area contributed by atoms with Gasteiger partial charge < -0.3 is 14.4 Å². The van der Waals surface area contributed by atoms with E-state index in [2.05, 4.69) is 59.9 Å². The summed E-state index contributed by atoms with van der Waals surface area (Å²) in [6.45, 7) is 2.66. The third-order valence-electron chi connectivity index (χ3n) is 6.03. The van der Waals surface area contributed by atoms with Gasteiger partial charge in [-0.05, 0) is 41.4 Å². The molecule has 0 unspecified atom stereocenters. The largest absolute Gasteiger partial charge is 0.501 e. The number of hydrogen-bond donors (Lipinski definition) is 0. The Morgan fingerprint density at radius 2 is 1.42 bits per heavy atom. The van der Waals surface area contributed by atoms with E-state index in [0.717, 1.165) is 38.8 Å². The smallest absolute Gasteiger partial charge is 0.120 e. The second-order valence-electron chi connectivity index (χ2n) is 9.77. The number of rotatable bonds is 3. The molecule has 0 saturated heterocycles. The minimum absolute atomic E-state index is 0. The summed E-state index contributed by atoms with van der Waals surface area (Å²) < 4.78 is 50.6. The van der Waals surface area contributed by atoms with Crippen LogP contribution >= 0.6 is 0 Å². The number of furan rings is 1. The molecule has 193 valence electrons. The summed E-state index contributed by atoms with van der Waals surface area (Å²) in [4.78, 5) is 8.49.